The molecular formula is C31H38F2O3. The number of esters is 1. The average molecular weight is 497 g/mol. The summed E-state index contributed by atoms with van der Waals surface area (Å²) in [5.41, 5.74) is 1.69. The molecule has 3 nitrogen and oxygen atoms in total. The van der Waals surface area contributed by atoms with Crippen LogP contribution in [0.1, 0.15) is 101 Å². The van der Waals surface area contributed by atoms with Gasteiger partial charge in [-0.25, -0.2) is 4.39 Å². The molecular weight excluding hydrogens is 458 g/mol. The Bertz CT molecular complexity index is 1030. The molecule has 0 spiro atoms. The molecule has 2 aliphatic carbocycles. The smallest absolute Gasteiger partial charge is 0.314 e. The van der Waals surface area contributed by atoms with E-state index in [2.05, 4.69) is 19.1 Å². The first-order valence-corrected chi connectivity index (χ1v) is 13.6. The van der Waals surface area contributed by atoms with Gasteiger partial charge in [-0.2, -0.15) is 4.39 Å². The van der Waals surface area contributed by atoms with Gasteiger partial charge in [0.15, 0.2) is 11.6 Å². The van der Waals surface area contributed by atoms with Crippen molar-refractivity contribution in [2.45, 2.75) is 89.9 Å². The van der Waals surface area contributed by atoms with Crippen LogP contribution in [0.3, 0.4) is 0 Å². The molecule has 0 saturated heterocycles. The van der Waals surface area contributed by atoms with Crippen molar-refractivity contribution in [3.8, 4) is 11.5 Å². The van der Waals surface area contributed by atoms with Crippen molar-refractivity contribution in [3.63, 3.8) is 0 Å². The number of hydrogen-bond donors (Lipinski definition) is 0. The lowest BCUT2D eigenvalue weighted by Gasteiger charge is -2.29. The minimum Gasteiger partial charge on any atom is -0.462 e. The molecule has 0 heterocycles. The zero-order valence-corrected chi connectivity index (χ0v) is 21.5. The summed E-state index contributed by atoms with van der Waals surface area (Å²) >= 11 is 0. The van der Waals surface area contributed by atoms with Gasteiger partial charge in [-0.15, -0.1) is 0 Å². The first kappa shape index (κ1) is 26.4. The van der Waals surface area contributed by atoms with Crippen LogP contribution in [-0.2, 0) is 4.79 Å². The summed E-state index contributed by atoms with van der Waals surface area (Å²) in [6.45, 7) is 4.00. The van der Waals surface area contributed by atoms with Crippen LogP contribution in [-0.4, -0.2) is 5.97 Å². The van der Waals surface area contributed by atoms with Crippen LogP contribution in [0.15, 0.2) is 48.7 Å². The Hall–Kier alpha value is -2.69. The van der Waals surface area contributed by atoms with Crippen molar-refractivity contribution in [1.29, 1.82) is 0 Å². The van der Waals surface area contributed by atoms with Crippen LogP contribution >= 0.6 is 0 Å². The largest absolute Gasteiger partial charge is 0.462 e. The maximum Gasteiger partial charge on any atom is 0.314 e. The highest BCUT2D eigenvalue weighted by atomic mass is 19.2. The number of carbonyl (C=O) groups excluding carboxylic acids is 1. The molecule has 0 aliphatic heterocycles. The molecule has 0 aromatic heterocycles. The van der Waals surface area contributed by atoms with Crippen molar-refractivity contribution >= 4 is 5.97 Å². The van der Waals surface area contributed by atoms with E-state index in [1.807, 2.05) is 12.1 Å². The van der Waals surface area contributed by atoms with E-state index in [0.29, 0.717) is 42.9 Å². The summed E-state index contributed by atoms with van der Waals surface area (Å²) in [6.07, 6.45) is 13.1. The Balaban J connectivity index is 1.28. The third-order valence-corrected chi connectivity index (χ3v) is 8.02. The first-order valence-electron chi connectivity index (χ1n) is 13.6. The van der Waals surface area contributed by atoms with Crippen LogP contribution in [0.5, 0.6) is 11.5 Å². The van der Waals surface area contributed by atoms with Crippen LogP contribution in [0.2, 0.25) is 0 Å². The molecule has 0 N–H and O–H groups in total. The fourth-order valence-corrected chi connectivity index (χ4v) is 5.93. The zero-order chi connectivity index (χ0) is 25.5. The third-order valence-electron chi connectivity index (χ3n) is 8.02. The van der Waals surface area contributed by atoms with E-state index in [1.165, 1.54) is 56.4 Å². The van der Waals surface area contributed by atoms with Gasteiger partial charge in [0.05, 0.1) is 12.2 Å². The van der Waals surface area contributed by atoms with E-state index in [1.54, 1.807) is 19.1 Å². The van der Waals surface area contributed by atoms with Gasteiger partial charge >= 0.3 is 5.97 Å². The second kappa shape index (κ2) is 12.5. The Morgan fingerprint density at radius 1 is 0.889 bits per heavy atom. The lowest BCUT2D eigenvalue weighted by atomic mass is 9.77. The summed E-state index contributed by atoms with van der Waals surface area (Å²) in [4.78, 5) is 12.8. The lowest BCUT2D eigenvalue weighted by molar-refractivity contribution is -0.140. The monoisotopic (exact) mass is 496 g/mol. The lowest BCUT2D eigenvalue weighted by Crippen LogP contribution is -2.25. The SMILES string of the molecule is C/C=C/Oc1ccc(C2CCC(C(=O)Oc3ccc(C4CCC(CCC)CC4)cc3)CC2)c(F)c1F. The molecule has 2 fully saturated rings. The quantitative estimate of drug-likeness (QED) is 0.208. The number of halogens is 2. The van der Waals surface area contributed by atoms with E-state index in [4.69, 9.17) is 9.47 Å². The van der Waals surface area contributed by atoms with Gasteiger partial charge in [-0.05, 0) is 105 Å². The first-order chi connectivity index (χ1) is 17.5. The molecule has 5 heteroatoms. The summed E-state index contributed by atoms with van der Waals surface area (Å²) < 4.78 is 39.8. The van der Waals surface area contributed by atoms with Crippen LogP contribution in [0, 0.1) is 23.5 Å². The predicted octanol–water partition coefficient (Wildman–Crippen LogP) is 8.83. The summed E-state index contributed by atoms with van der Waals surface area (Å²) in [7, 11) is 0. The van der Waals surface area contributed by atoms with Gasteiger partial charge < -0.3 is 9.47 Å². The maximum absolute atomic E-state index is 14.7. The summed E-state index contributed by atoms with van der Waals surface area (Å²) in [5.74, 6) is -0.460. The van der Waals surface area contributed by atoms with Crippen LogP contribution < -0.4 is 9.47 Å². The van der Waals surface area contributed by atoms with Gasteiger partial charge in [-0.1, -0.05) is 44.0 Å². The average Bonchev–Trinajstić information content (AvgIpc) is 2.91. The molecule has 0 unspecified atom stereocenters. The van der Waals surface area contributed by atoms with Gasteiger partial charge in [-0.3, -0.25) is 4.79 Å². The van der Waals surface area contributed by atoms with E-state index in [0.717, 1.165) is 5.92 Å². The highest BCUT2D eigenvalue weighted by molar-refractivity contribution is 5.75. The van der Waals surface area contributed by atoms with Crippen molar-refractivity contribution < 1.29 is 23.0 Å². The molecule has 0 atom stereocenters. The Labute approximate surface area is 213 Å². The second-order valence-electron chi connectivity index (χ2n) is 10.4. The molecule has 2 saturated carbocycles. The van der Waals surface area contributed by atoms with Crippen molar-refractivity contribution in [2.75, 3.05) is 0 Å². The number of carbonyl (C=O) groups is 1. The molecule has 36 heavy (non-hydrogen) atoms. The topological polar surface area (TPSA) is 35.5 Å². The van der Waals surface area contributed by atoms with Gasteiger partial charge in [0.2, 0.25) is 5.82 Å². The van der Waals surface area contributed by atoms with Gasteiger partial charge in [0.1, 0.15) is 5.75 Å². The summed E-state index contributed by atoms with van der Waals surface area (Å²) in [6, 6.07) is 11.1. The number of ether oxygens (including phenoxy) is 2. The fraction of sp³-hybridized carbons (Fsp3) is 0.516. The number of hydrogen-bond acceptors (Lipinski definition) is 3. The maximum atomic E-state index is 14.7. The Kier molecular flexibility index (Phi) is 9.17. The molecule has 2 aromatic carbocycles. The third kappa shape index (κ3) is 6.35. The number of rotatable bonds is 8. The van der Waals surface area contributed by atoms with Crippen molar-refractivity contribution in [3.05, 3.63) is 71.5 Å². The molecule has 2 aliphatic rings. The number of benzene rings is 2. The predicted molar refractivity (Wildman–Crippen MR) is 138 cm³/mol. The molecule has 2 aromatic rings. The fourth-order valence-electron chi connectivity index (χ4n) is 5.93. The van der Waals surface area contributed by atoms with Gasteiger partial charge in [0.25, 0.3) is 0 Å². The standard InChI is InChI=1S/C31H38F2O3/c1-3-5-21-6-8-22(9-7-21)23-14-16-26(17-15-23)36-31(34)25-12-10-24(11-13-25)27-18-19-28(35-20-4-2)30(33)29(27)32/h4,14-22,24-25H,3,5-13H2,1-2H3/b20-4+. The molecule has 0 radical (unpaired) electrons. The highest BCUT2D eigenvalue weighted by Gasteiger charge is 2.31. The van der Waals surface area contributed by atoms with Crippen LogP contribution in [0.25, 0.3) is 0 Å². The zero-order valence-electron chi connectivity index (χ0n) is 21.5. The van der Waals surface area contributed by atoms with E-state index >= 15 is 0 Å². The van der Waals surface area contributed by atoms with E-state index in [-0.39, 0.29) is 23.6 Å². The second-order valence-corrected chi connectivity index (χ2v) is 10.4. The van der Waals surface area contributed by atoms with Crippen LogP contribution in [0.4, 0.5) is 8.78 Å². The van der Waals surface area contributed by atoms with Gasteiger partial charge in [0, 0.05) is 0 Å². The normalized spacial score (nSPS) is 24.6. The minimum atomic E-state index is -0.968. The van der Waals surface area contributed by atoms with E-state index < -0.39 is 11.6 Å². The molecule has 4 rings (SSSR count). The summed E-state index contributed by atoms with van der Waals surface area (Å²) in [5, 5.41) is 0. The van der Waals surface area contributed by atoms with Crippen molar-refractivity contribution in [1.82, 2.24) is 0 Å². The molecule has 194 valence electrons. The molecule has 0 amide bonds. The Morgan fingerprint density at radius 3 is 2.19 bits per heavy atom. The highest BCUT2D eigenvalue weighted by Crippen LogP contribution is 2.40. The number of allylic oxidation sites excluding steroid dienone is 1. The van der Waals surface area contributed by atoms with Crippen molar-refractivity contribution in [2.24, 2.45) is 11.8 Å². The van der Waals surface area contributed by atoms with E-state index in [9.17, 15) is 13.6 Å². The molecule has 0 bridgehead atoms. The Morgan fingerprint density at radius 2 is 1.56 bits per heavy atom. The minimum absolute atomic E-state index is 0.119.